The van der Waals surface area contributed by atoms with Gasteiger partial charge in [-0.3, -0.25) is 0 Å². The van der Waals surface area contributed by atoms with Crippen LogP contribution in [0, 0.1) is 11.6 Å². The fourth-order valence-electron chi connectivity index (χ4n) is 1.14. The van der Waals surface area contributed by atoms with Gasteiger partial charge in [-0.05, 0) is 19.1 Å². The zero-order valence-electron chi connectivity index (χ0n) is 9.71. The van der Waals surface area contributed by atoms with Crippen molar-refractivity contribution >= 4 is 21.6 Å². The van der Waals surface area contributed by atoms with Gasteiger partial charge >= 0.3 is 0 Å². The first-order chi connectivity index (χ1) is 8.29. The summed E-state index contributed by atoms with van der Waals surface area (Å²) in [6.07, 6.45) is -0.407. The Balaban J connectivity index is 3.09. The van der Waals surface area contributed by atoms with E-state index in [-0.39, 0.29) is 11.6 Å². The molecule has 4 nitrogen and oxygen atoms in total. The lowest BCUT2D eigenvalue weighted by Gasteiger charge is -2.12. The van der Waals surface area contributed by atoms with Gasteiger partial charge in [-0.2, -0.15) is 0 Å². The topological polar surface area (TPSA) is 55.4 Å². The summed E-state index contributed by atoms with van der Waals surface area (Å²) in [5.41, 5.74) is 0. The van der Waals surface area contributed by atoms with Crippen LogP contribution in [-0.2, 0) is 14.8 Å². The predicted octanol–water partition coefficient (Wildman–Crippen LogP) is 1.93. The molecular formula is C10H12ClF2NO3S. The van der Waals surface area contributed by atoms with Crippen LogP contribution in [0.2, 0.25) is 5.02 Å². The molecule has 0 aliphatic rings. The minimum atomic E-state index is -4.23. The first-order valence-corrected chi connectivity index (χ1v) is 6.81. The van der Waals surface area contributed by atoms with Crippen molar-refractivity contribution in [2.45, 2.75) is 17.9 Å². The molecule has 1 atom stereocenters. The highest BCUT2D eigenvalue weighted by molar-refractivity contribution is 7.89. The fourth-order valence-corrected chi connectivity index (χ4v) is 2.84. The fraction of sp³-hybridized carbons (Fsp3) is 0.400. The molecule has 0 heterocycles. The van der Waals surface area contributed by atoms with E-state index in [9.17, 15) is 17.2 Å². The van der Waals surface area contributed by atoms with Gasteiger partial charge in [-0.15, -0.1) is 0 Å². The van der Waals surface area contributed by atoms with Crippen LogP contribution in [0.3, 0.4) is 0 Å². The molecule has 0 radical (unpaired) electrons. The molecule has 0 bridgehead atoms. The molecule has 1 aromatic rings. The van der Waals surface area contributed by atoms with Crippen molar-refractivity contribution in [1.29, 1.82) is 0 Å². The van der Waals surface area contributed by atoms with Gasteiger partial charge < -0.3 is 4.74 Å². The number of rotatable bonds is 5. The molecule has 0 saturated carbocycles. The van der Waals surface area contributed by atoms with E-state index in [0.29, 0.717) is 0 Å². The second-order valence-corrected chi connectivity index (χ2v) is 5.68. The van der Waals surface area contributed by atoms with Gasteiger partial charge in [0.2, 0.25) is 10.0 Å². The zero-order chi connectivity index (χ0) is 13.9. The highest BCUT2D eigenvalue weighted by Crippen LogP contribution is 2.25. The van der Waals surface area contributed by atoms with Crippen molar-refractivity contribution in [3.05, 3.63) is 28.8 Å². The number of sulfonamides is 1. The number of ether oxygens (including phenoxy) is 1. The average molecular weight is 300 g/mol. The molecule has 0 aliphatic carbocycles. The van der Waals surface area contributed by atoms with Crippen molar-refractivity contribution < 1.29 is 21.9 Å². The third-order valence-electron chi connectivity index (χ3n) is 2.23. The minimum absolute atomic E-state index is 0.0783. The standard InChI is InChI=1S/C10H12ClF2NO3S/c1-6(17-2)5-14-18(15,16)10-7(11)3-4-8(12)9(10)13/h3-4,6,14H,5H2,1-2H3. The van der Waals surface area contributed by atoms with E-state index < -0.39 is 32.7 Å². The van der Waals surface area contributed by atoms with E-state index in [2.05, 4.69) is 4.72 Å². The first-order valence-electron chi connectivity index (χ1n) is 4.95. The lowest BCUT2D eigenvalue weighted by Crippen LogP contribution is -2.32. The second-order valence-electron chi connectivity index (χ2n) is 3.57. The summed E-state index contributed by atoms with van der Waals surface area (Å²) in [5.74, 6) is -2.78. The molecule has 1 rings (SSSR count). The maximum Gasteiger partial charge on any atom is 0.245 e. The van der Waals surface area contributed by atoms with Crippen molar-refractivity contribution in [3.63, 3.8) is 0 Å². The van der Waals surface area contributed by atoms with Crippen LogP contribution >= 0.6 is 11.6 Å². The largest absolute Gasteiger partial charge is 0.380 e. The maximum absolute atomic E-state index is 13.5. The highest BCUT2D eigenvalue weighted by atomic mass is 35.5. The maximum atomic E-state index is 13.5. The Kier molecular flexibility index (Phi) is 5.03. The van der Waals surface area contributed by atoms with Crippen molar-refractivity contribution in [1.82, 2.24) is 4.72 Å². The second kappa shape index (κ2) is 5.92. The Labute approximate surface area is 109 Å². The van der Waals surface area contributed by atoms with E-state index in [1.807, 2.05) is 0 Å². The van der Waals surface area contributed by atoms with Crippen molar-refractivity contribution in [2.24, 2.45) is 0 Å². The molecule has 0 amide bonds. The lowest BCUT2D eigenvalue weighted by molar-refractivity contribution is 0.122. The quantitative estimate of drug-likeness (QED) is 0.845. The van der Waals surface area contributed by atoms with Gasteiger partial charge in [0.25, 0.3) is 0 Å². The van der Waals surface area contributed by atoms with Crippen LogP contribution in [0.15, 0.2) is 17.0 Å². The molecule has 0 aromatic heterocycles. The Morgan fingerprint density at radius 1 is 1.44 bits per heavy atom. The molecule has 1 aromatic carbocycles. The molecule has 1 unspecified atom stereocenters. The van der Waals surface area contributed by atoms with E-state index in [0.717, 1.165) is 12.1 Å². The molecule has 8 heteroatoms. The van der Waals surface area contributed by atoms with Crippen LogP contribution in [0.1, 0.15) is 6.92 Å². The van der Waals surface area contributed by atoms with Crippen LogP contribution in [0.4, 0.5) is 8.78 Å². The smallest absolute Gasteiger partial charge is 0.245 e. The Hall–Kier alpha value is -0.760. The summed E-state index contributed by atoms with van der Waals surface area (Å²) < 4.78 is 57.0. The number of benzene rings is 1. The Bertz CT molecular complexity index is 536. The van der Waals surface area contributed by atoms with Gasteiger partial charge in [0.1, 0.15) is 4.90 Å². The number of nitrogens with one attached hydrogen (secondary N) is 1. The molecule has 0 aliphatic heterocycles. The third kappa shape index (κ3) is 3.38. The molecule has 0 saturated heterocycles. The molecule has 18 heavy (non-hydrogen) atoms. The number of halogens is 3. The summed E-state index contributed by atoms with van der Waals surface area (Å²) in [4.78, 5) is -0.896. The summed E-state index contributed by atoms with van der Waals surface area (Å²) in [7, 11) is -2.83. The van der Waals surface area contributed by atoms with Crippen LogP contribution in [0.25, 0.3) is 0 Å². The molecule has 0 fully saturated rings. The SMILES string of the molecule is COC(C)CNS(=O)(=O)c1c(Cl)ccc(F)c1F. The van der Waals surface area contributed by atoms with Gasteiger partial charge in [0, 0.05) is 13.7 Å². The number of methoxy groups -OCH3 is 1. The van der Waals surface area contributed by atoms with Gasteiger partial charge in [0.15, 0.2) is 11.6 Å². The van der Waals surface area contributed by atoms with Crippen LogP contribution < -0.4 is 4.72 Å². The number of hydrogen-bond donors (Lipinski definition) is 1. The lowest BCUT2D eigenvalue weighted by atomic mass is 10.3. The number of hydrogen-bond acceptors (Lipinski definition) is 3. The molecule has 0 spiro atoms. The summed E-state index contributed by atoms with van der Waals surface area (Å²) in [6.45, 7) is 1.54. The van der Waals surface area contributed by atoms with Gasteiger partial charge in [0.05, 0.1) is 11.1 Å². The van der Waals surface area contributed by atoms with E-state index in [1.165, 1.54) is 7.11 Å². The first kappa shape index (κ1) is 15.3. The van der Waals surface area contributed by atoms with Crippen molar-refractivity contribution in [3.8, 4) is 0 Å². The average Bonchev–Trinajstić information content (AvgIpc) is 2.31. The summed E-state index contributed by atoms with van der Waals surface area (Å²) in [5, 5.41) is -0.383. The van der Waals surface area contributed by atoms with Crippen LogP contribution in [-0.4, -0.2) is 28.2 Å². The Morgan fingerprint density at radius 3 is 2.61 bits per heavy atom. The molecule has 102 valence electrons. The Morgan fingerprint density at radius 2 is 2.06 bits per heavy atom. The monoisotopic (exact) mass is 299 g/mol. The molecule has 1 N–H and O–H groups in total. The van der Waals surface area contributed by atoms with Gasteiger partial charge in [-0.25, -0.2) is 21.9 Å². The van der Waals surface area contributed by atoms with E-state index in [4.69, 9.17) is 16.3 Å². The summed E-state index contributed by atoms with van der Waals surface area (Å²) >= 11 is 5.58. The third-order valence-corrected chi connectivity index (χ3v) is 4.14. The van der Waals surface area contributed by atoms with Gasteiger partial charge in [-0.1, -0.05) is 11.6 Å². The van der Waals surface area contributed by atoms with E-state index in [1.54, 1.807) is 6.92 Å². The van der Waals surface area contributed by atoms with Crippen LogP contribution in [0.5, 0.6) is 0 Å². The zero-order valence-corrected chi connectivity index (χ0v) is 11.3. The molecular weight excluding hydrogens is 288 g/mol. The normalized spacial score (nSPS) is 13.6. The highest BCUT2D eigenvalue weighted by Gasteiger charge is 2.25. The predicted molar refractivity (Wildman–Crippen MR) is 63.0 cm³/mol. The minimum Gasteiger partial charge on any atom is -0.380 e. The summed E-state index contributed by atoms with van der Waals surface area (Å²) in [6, 6.07) is 1.74. The van der Waals surface area contributed by atoms with E-state index >= 15 is 0 Å². The van der Waals surface area contributed by atoms with Crippen molar-refractivity contribution in [2.75, 3.05) is 13.7 Å².